The van der Waals surface area contributed by atoms with E-state index in [1.165, 1.54) is 24.4 Å². The van der Waals surface area contributed by atoms with Gasteiger partial charge in [0.1, 0.15) is 5.75 Å². The Kier molecular flexibility index (Phi) is 4.77. The Bertz CT molecular complexity index is 1320. The maximum absolute atomic E-state index is 12.9. The van der Waals surface area contributed by atoms with Gasteiger partial charge < -0.3 is 20.9 Å². The standard InChI is InChI=1S/C23H17N3O4/c24-22(29)15-4-1-3-13(9-15)21(28)14-7-8-20-18(10-14)19(23(30)26-20)12-25-16-5-2-6-17(27)11-16/h1-12,26-27,30H,(H2,24,29). The van der Waals surface area contributed by atoms with Gasteiger partial charge in [-0.25, -0.2) is 0 Å². The summed E-state index contributed by atoms with van der Waals surface area (Å²) < 4.78 is 0. The second kappa shape index (κ2) is 7.56. The number of hydrogen-bond donors (Lipinski definition) is 4. The molecule has 1 heterocycles. The molecule has 0 aliphatic rings. The predicted molar refractivity (Wildman–Crippen MR) is 114 cm³/mol. The fourth-order valence-corrected chi connectivity index (χ4v) is 3.16. The van der Waals surface area contributed by atoms with Gasteiger partial charge in [0.15, 0.2) is 11.7 Å². The molecule has 7 heteroatoms. The number of carbonyl (C=O) groups is 2. The van der Waals surface area contributed by atoms with E-state index in [9.17, 15) is 19.8 Å². The molecule has 0 unspecified atom stereocenters. The molecule has 0 bridgehead atoms. The van der Waals surface area contributed by atoms with Gasteiger partial charge in [-0.05, 0) is 42.5 Å². The molecule has 4 rings (SSSR count). The van der Waals surface area contributed by atoms with Gasteiger partial charge in [-0.2, -0.15) is 0 Å². The van der Waals surface area contributed by atoms with Crippen molar-refractivity contribution < 1.29 is 19.8 Å². The Morgan fingerprint density at radius 1 is 0.900 bits per heavy atom. The molecule has 1 amide bonds. The van der Waals surface area contributed by atoms with Crippen molar-refractivity contribution in [2.45, 2.75) is 0 Å². The first kappa shape index (κ1) is 18.9. The van der Waals surface area contributed by atoms with Crippen LogP contribution in [-0.4, -0.2) is 33.1 Å². The first-order valence-corrected chi connectivity index (χ1v) is 9.05. The largest absolute Gasteiger partial charge is 0.508 e. The number of rotatable bonds is 5. The van der Waals surface area contributed by atoms with E-state index in [1.54, 1.807) is 48.5 Å². The first-order chi connectivity index (χ1) is 14.4. The highest BCUT2D eigenvalue weighted by molar-refractivity contribution is 6.13. The number of carbonyl (C=O) groups excluding carboxylic acids is 2. The lowest BCUT2D eigenvalue weighted by Crippen LogP contribution is -2.12. The van der Waals surface area contributed by atoms with Crippen LogP contribution in [0, 0.1) is 0 Å². The molecular formula is C23H17N3O4. The molecule has 1 aromatic heterocycles. The molecule has 5 N–H and O–H groups in total. The summed E-state index contributed by atoms with van der Waals surface area (Å²) in [4.78, 5) is 31.4. The number of benzene rings is 3. The molecule has 3 aromatic carbocycles. The zero-order chi connectivity index (χ0) is 21.3. The van der Waals surface area contributed by atoms with Gasteiger partial charge in [-0.1, -0.05) is 18.2 Å². The average molecular weight is 399 g/mol. The summed E-state index contributed by atoms with van der Waals surface area (Å²) in [5.41, 5.74) is 7.82. The quantitative estimate of drug-likeness (QED) is 0.301. The van der Waals surface area contributed by atoms with E-state index in [1.807, 2.05) is 0 Å². The molecule has 0 spiro atoms. The van der Waals surface area contributed by atoms with Crippen molar-refractivity contribution in [1.29, 1.82) is 0 Å². The number of ketones is 1. The molecule has 0 saturated carbocycles. The van der Waals surface area contributed by atoms with E-state index in [0.717, 1.165) is 0 Å². The Morgan fingerprint density at radius 3 is 2.40 bits per heavy atom. The zero-order valence-corrected chi connectivity index (χ0v) is 15.7. The minimum Gasteiger partial charge on any atom is -0.508 e. The van der Waals surface area contributed by atoms with Gasteiger partial charge in [0, 0.05) is 39.9 Å². The van der Waals surface area contributed by atoms with Crippen LogP contribution in [0.5, 0.6) is 11.6 Å². The number of hydrogen-bond acceptors (Lipinski definition) is 5. The van der Waals surface area contributed by atoms with E-state index in [-0.39, 0.29) is 23.0 Å². The maximum Gasteiger partial charge on any atom is 0.248 e. The minimum atomic E-state index is -0.610. The second-order valence-corrected chi connectivity index (χ2v) is 6.70. The fraction of sp³-hybridized carbons (Fsp3) is 0. The average Bonchev–Trinajstić information content (AvgIpc) is 3.06. The number of amides is 1. The summed E-state index contributed by atoms with van der Waals surface area (Å²) in [6, 6.07) is 17.6. The lowest BCUT2D eigenvalue weighted by molar-refractivity contribution is 0.1000. The highest BCUT2D eigenvalue weighted by Crippen LogP contribution is 2.28. The number of nitrogens with two attached hydrogens (primary N) is 1. The molecule has 0 radical (unpaired) electrons. The summed E-state index contributed by atoms with van der Waals surface area (Å²) in [5, 5.41) is 20.4. The van der Waals surface area contributed by atoms with Crippen LogP contribution in [0.2, 0.25) is 0 Å². The minimum absolute atomic E-state index is 0.0823. The number of fused-ring (bicyclic) bond motifs is 1. The fourth-order valence-electron chi connectivity index (χ4n) is 3.16. The van der Waals surface area contributed by atoms with Crippen LogP contribution in [-0.2, 0) is 0 Å². The van der Waals surface area contributed by atoms with Gasteiger partial charge in [0.2, 0.25) is 5.91 Å². The maximum atomic E-state index is 12.9. The summed E-state index contributed by atoms with van der Waals surface area (Å²) in [6.45, 7) is 0. The normalized spacial score (nSPS) is 11.2. The van der Waals surface area contributed by atoms with E-state index < -0.39 is 5.91 Å². The predicted octanol–water partition coefficient (Wildman–Crippen LogP) is 3.66. The number of H-pyrrole nitrogens is 1. The topological polar surface area (TPSA) is 129 Å². The van der Waals surface area contributed by atoms with Crippen molar-refractivity contribution in [2.75, 3.05) is 0 Å². The lowest BCUT2D eigenvalue weighted by atomic mass is 9.99. The number of aromatic nitrogens is 1. The summed E-state index contributed by atoms with van der Waals surface area (Å²) in [5.74, 6) is -0.897. The molecule has 148 valence electrons. The van der Waals surface area contributed by atoms with Crippen LogP contribution in [0.25, 0.3) is 10.9 Å². The van der Waals surface area contributed by atoms with E-state index >= 15 is 0 Å². The van der Waals surface area contributed by atoms with Crippen molar-refractivity contribution >= 4 is 34.5 Å². The van der Waals surface area contributed by atoms with E-state index in [4.69, 9.17) is 5.73 Å². The second-order valence-electron chi connectivity index (χ2n) is 6.70. The molecule has 0 aliphatic carbocycles. The Labute approximate surface area is 171 Å². The highest BCUT2D eigenvalue weighted by Gasteiger charge is 2.15. The number of aromatic amines is 1. The van der Waals surface area contributed by atoms with Gasteiger partial charge >= 0.3 is 0 Å². The molecule has 4 aromatic rings. The highest BCUT2D eigenvalue weighted by atomic mass is 16.3. The molecule has 0 atom stereocenters. The van der Waals surface area contributed by atoms with Crippen LogP contribution in [0.15, 0.2) is 71.7 Å². The van der Waals surface area contributed by atoms with E-state index in [0.29, 0.717) is 33.3 Å². The monoisotopic (exact) mass is 399 g/mol. The van der Waals surface area contributed by atoms with Gasteiger partial charge in [-0.15, -0.1) is 0 Å². The van der Waals surface area contributed by atoms with Gasteiger partial charge in [0.05, 0.1) is 11.3 Å². The van der Waals surface area contributed by atoms with Crippen LogP contribution in [0.1, 0.15) is 31.8 Å². The van der Waals surface area contributed by atoms with Crippen molar-refractivity contribution in [1.82, 2.24) is 4.98 Å². The number of nitrogens with zero attached hydrogens (tertiary/aromatic N) is 1. The van der Waals surface area contributed by atoms with Crippen molar-refractivity contribution in [3.8, 4) is 11.6 Å². The van der Waals surface area contributed by atoms with Gasteiger partial charge in [-0.3, -0.25) is 14.6 Å². The Morgan fingerprint density at radius 2 is 1.63 bits per heavy atom. The third-order valence-corrected chi connectivity index (χ3v) is 4.66. The number of aromatic hydroxyl groups is 2. The number of phenols is 1. The van der Waals surface area contributed by atoms with Crippen LogP contribution in [0.3, 0.4) is 0 Å². The molecule has 7 nitrogen and oxygen atoms in total. The number of primary amides is 1. The molecular weight excluding hydrogens is 382 g/mol. The first-order valence-electron chi connectivity index (χ1n) is 9.05. The smallest absolute Gasteiger partial charge is 0.248 e. The summed E-state index contributed by atoms with van der Waals surface area (Å²) >= 11 is 0. The molecule has 0 fully saturated rings. The molecule has 0 aliphatic heterocycles. The number of aliphatic imine (C=N–C) groups is 1. The van der Waals surface area contributed by atoms with Crippen LogP contribution >= 0.6 is 0 Å². The van der Waals surface area contributed by atoms with Gasteiger partial charge in [0.25, 0.3) is 0 Å². The van der Waals surface area contributed by atoms with Crippen molar-refractivity contribution in [3.05, 3.63) is 89.0 Å². The third-order valence-electron chi connectivity index (χ3n) is 4.66. The number of phenolic OH excluding ortho intramolecular Hbond substituents is 1. The summed E-state index contributed by atoms with van der Waals surface area (Å²) in [7, 11) is 0. The Hall–Kier alpha value is -4.39. The third kappa shape index (κ3) is 3.64. The summed E-state index contributed by atoms with van der Waals surface area (Å²) in [6.07, 6.45) is 1.46. The molecule has 0 saturated heterocycles. The van der Waals surface area contributed by atoms with Crippen molar-refractivity contribution in [3.63, 3.8) is 0 Å². The lowest BCUT2D eigenvalue weighted by Gasteiger charge is -2.04. The Balaban J connectivity index is 1.73. The van der Waals surface area contributed by atoms with Crippen molar-refractivity contribution in [2.24, 2.45) is 10.7 Å². The van der Waals surface area contributed by atoms with Crippen LogP contribution < -0.4 is 5.73 Å². The number of nitrogens with one attached hydrogen (secondary N) is 1. The molecule has 30 heavy (non-hydrogen) atoms. The SMILES string of the molecule is NC(=O)c1cccc(C(=O)c2ccc3[nH]c(O)c(C=Nc4cccc(O)c4)c3c2)c1. The zero-order valence-electron chi connectivity index (χ0n) is 15.7. The van der Waals surface area contributed by atoms with E-state index in [2.05, 4.69) is 9.98 Å². The van der Waals surface area contributed by atoms with Crippen LogP contribution in [0.4, 0.5) is 5.69 Å².